The molecule has 0 bridgehead atoms. The molecule has 2 heterocycles. The second-order valence-corrected chi connectivity index (χ2v) is 7.55. The molecular formula is C23H28N4O. The number of anilines is 1. The lowest BCUT2D eigenvalue weighted by Gasteiger charge is -2.36. The molecule has 5 nitrogen and oxygen atoms in total. The monoisotopic (exact) mass is 376 g/mol. The Kier molecular flexibility index (Phi) is 5.35. The van der Waals surface area contributed by atoms with Crippen molar-refractivity contribution in [2.45, 2.75) is 19.8 Å². The number of hydrogen-bond acceptors (Lipinski definition) is 3. The van der Waals surface area contributed by atoms with Crippen LogP contribution in [0.25, 0.3) is 22.2 Å². The van der Waals surface area contributed by atoms with Gasteiger partial charge >= 0.3 is 0 Å². The minimum Gasteiger partial charge on any atom is -0.369 e. The van der Waals surface area contributed by atoms with Crippen LogP contribution in [0, 0.1) is 0 Å². The molecule has 4 rings (SSSR count). The van der Waals surface area contributed by atoms with Crippen molar-refractivity contribution < 1.29 is 4.79 Å². The molecule has 0 saturated carbocycles. The lowest BCUT2D eigenvalue weighted by Crippen LogP contribution is -2.46. The number of para-hydroxylation sites is 1. The number of hydrogen-bond donors (Lipinski definition) is 2. The predicted octanol–water partition coefficient (Wildman–Crippen LogP) is 3.86. The van der Waals surface area contributed by atoms with Crippen LogP contribution in [0.2, 0.25) is 0 Å². The number of rotatable bonds is 6. The van der Waals surface area contributed by atoms with Crippen LogP contribution in [-0.2, 0) is 0 Å². The standard InChI is InChI=1S/C23H28N4O/c1-2-3-11-26-12-14-27(15-13-26)19-9-7-17(8-10-19)21-16-18-5-4-6-20(23(24)28)22(18)25-21/h4-10,16,25H,2-3,11-15H2,1H3,(H2,24,28). The molecule has 1 aliphatic heterocycles. The number of aromatic amines is 1. The molecule has 2 aromatic carbocycles. The van der Waals surface area contributed by atoms with Gasteiger partial charge in [-0.3, -0.25) is 9.69 Å². The van der Waals surface area contributed by atoms with E-state index in [2.05, 4.69) is 52.0 Å². The van der Waals surface area contributed by atoms with Crippen LogP contribution >= 0.6 is 0 Å². The Morgan fingerprint density at radius 3 is 2.50 bits per heavy atom. The van der Waals surface area contributed by atoms with E-state index in [-0.39, 0.29) is 0 Å². The third-order valence-corrected chi connectivity index (χ3v) is 5.67. The van der Waals surface area contributed by atoms with Crippen molar-refractivity contribution in [3.05, 3.63) is 54.1 Å². The van der Waals surface area contributed by atoms with Crippen LogP contribution in [0.4, 0.5) is 5.69 Å². The van der Waals surface area contributed by atoms with Gasteiger partial charge in [0.25, 0.3) is 5.91 Å². The Labute approximate surface area is 166 Å². The molecule has 146 valence electrons. The Bertz CT molecular complexity index is 952. The Balaban J connectivity index is 1.49. The largest absolute Gasteiger partial charge is 0.369 e. The smallest absolute Gasteiger partial charge is 0.250 e. The molecule has 0 spiro atoms. The SMILES string of the molecule is CCCCN1CCN(c2ccc(-c3cc4cccc(C(N)=O)c4[nH]3)cc2)CC1. The van der Waals surface area contributed by atoms with E-state index < -0.39 is 5.91 Å². The van der Waals surface area contributed by atoms with E-state index in [1.165, 1.54) is 25.1 Å². The minimum absolute atomic E-state index is 0.410. The topological polar surface area (TPSA) is 65.4 Å². The summed E-state index contributed by atoms with van der Waals surface area (Å²) in [7, 11) is 0. The van der Waals surface area contributed by atoms with Crippen LogP contribution in [0.3, 0.4) is 0 Å². The van der Waals surface area contributed by atoms with E-state index in [1.807, 2.05) is 12.1 Å². The number of nitrogens with zero attached hydrogens (tertiary/aromatic N) is 2. The summed E-state index contributed by atoms with van der Waals surface area (Å²) in [6, 6.07) is 16.4. The second-order valence-electron chi connectivity index (χ2n) is 7.55. The first kappa shape index (κ1) is 18.6. The molecule has 5 heteroatoms. The summed E-state index contributed by atoms with van der Waals surface area (Å²) >= 11 is 0. The molecule has 3 N–H and O–H groups in total. The van der Waals surface area contributed by atoms with Gasteiger partial charge in [-0.05, 0) is 42.8 Å². The summed E-state index contributed by atoms with van der Waals surface area (Å²) < 4.78 is 0. The van der Waals surface area contributed by atoms with E-state index in [9.17, 15) is 4.79 Å². The third kappa shape index (κ3) is 3.76. The fourth-order valence-electron chi connectivity index (χ4n) is 3.98. The zero-order valence-electron chi connectivity index (χ0n) is 16.4. The number of piperazine rings is 1. The molecule has 0 atom stereocenters. The number of fused-ring (bicyclic) bond motifs is 1. The zero-order chi connectivity index (χ0) is 19.5. The molecule has 3 aromatic rings. The lowest BCUT2D eigenvalue weighted by molar-refractivity contribution is 0.100. The van der Waals surface area contributed by atoms with E-state index in [4.69, 9.17) is 5.73 Å². The fourth-order valence-corrected chi connectivity index (χ4v) is 3.98. The molecule has 0 aliphatic carbocycles. The first-order chi connectivity index (χ1) is 13.7. The Morgan fingerprint density at radius 2 is 1.82 bits per heavy atom. The number of primary amides is 1. The van der Waals surface area contributed by atoms with Gasteiger partial charge in [-0.1, -0.05) is 37.6 Å². The van der Waals surface area contributed by atoms with Gasteiger partial charge in [0, 0.05) is 42.9 Å². The highest BCUT2D eigenvalue weighted by Crippen LogP contribution is 2.28. The fraction of sp³-hybridized carbons (Fsp3) is 0.348. The highest BCUT2D eigenvalue weighted by Gasteiger charge is 2.17. The Hall–Kier alpha value is -2.79. The zero-order valence-corrected chi connectivity index (χ0v) is 16.4. The first-order valence-electron chi connectivity index (χ1n) is 10.1. The Morgan fingerprint density at radius 1 is 1.07 bits per heavy atom. The molecular weight excluding hydrogens is 348 g/mol. The number of carbonyl (C=O) groups excluding carboxylic acids is 1. The van der Waals surface area contributed by atoms with Crippen molar-refractivity contribution in [3.63, 3.8) is 0 Å². The average molecular weight is 377 g/mol. The third-order valence-electron chi connectivity index (χ3n) is 5.67. The number of H-pyrrole nitrogens is 1. The van der Waals surface area contributed by atoms with Gasteiger partial charge < -0.3 is 15.6 Å². The van der Waals surface area contributed by atoms with Crippen LogP contribution in [0.5, 0.6) is 0 Å². The van der Waals surface area contributed by atoms with Gasteiger partial charge in [-0.25, -0.2) is 0 Å². The van der Waals surface area contributed by atoms with Gasteiger partial charge in [0.2, 0.25) is 0 Å². The van der Waals surface area contributed by atoms with Crippen LogP contribution in [-0.4, -0.2) is 48.5 Å². The molecule has 1 aliphatic rings. The summed E-state index contributed by atoms with van der Waals surface area (Å²) in [6.07, 6.45) is 2.55. The van der Waals surface area contributed by atoms with E-state index >= 15 is 0 Å². The molecule has 1 amide bonds. The maximum atomic E-state index is 11.7. The van der Waals surface area contributed by atoms with Crippen LogP contribution in [0.15, 0.2) is 48.5 Å². The number of unbranched alkanes of at least 4 members (excludes halogenated alkanes) is 1. The minimum atomic E-state index is -0.410. The predicted molar refractivity (Wildman–Crippen MR) is 116 cm³/mol. The van der Waals surface area contributed by atoms with Gasteiger partial charge in [-0.2, -0.15) is 0 Å². The van der Waals surface area contributed by atoms with Gasteiger partial charge in [0.1, 0.15) is 0 Å². The number of nitrogens with one attached hydrogen (secondary N) is 1. The van der Waals surface area contributed by atoms with Crippen molar-refractivity contribution in [1.29, 1.82) is 0 Å². The molecule has 28 heavy (non-hydrogen) atoms. The van der Waals surface area contributed by atoms with E-state index in [0.717, 1.165) is 48.3 Å². The van der Waals surface area contributed by atoms with Crippen molar-refractivity contribution in [3.8, 4) is 11.3 Å². The van der Waals surface area contributed by atoms with Crippen molar-refractivity contribution >= 4 is 22.5 Å². The number of aromatic nitrogens is 1. The summed E-state index contributed by atoms with van der Waals surface area (Å²) in [6.45, 7) is 7.91. The van der Waals surface area contributed by atoms with Gasteiger partial charge in [0.05, 0.1) is 11.1 Å². The quantitative estimate of drug-likeness (QED) is 0.687. The van der Waals surface area contributed by atoms with Gasteiger partial charge in [0.15, 0.2) is 0 Å². The molecule has 1 saturated heterocycles. The molecule has 0 radical (unpaired) electrons. The molecule has 1 fully saturated rings. The van der Waals surface area contributed by atoms with Crippen molar-refractivity contribution in [2.24, 2.45) is 5.73 Å². The summed E-state index contributed by atoms with van der Waals surface area (Å²) in [5.74, 6) is -0.410. The number of amides is 1. The van der Waals surface area contributed by atoms with E-state index in [1.54, 1.807) is 6.07 Å². The maximum absolute atomic E-state index is 11.7. The van der Waals surface area contributed by atoms with Gasteiger partial charge in [-0.15, -0.1) is 0 Å². The summed E-state index contributed by atoms with van der Waals surface area (Å²) in [5.41, 5.74) is 10.2. The highest BCUT2D eigenvalue weighted by molar-refractivity contribution is 6.06. The number of carbonyl (C=O) groups is 1. The number of benzene rings is 2. The first-order valence-corrected chi connectivity index (χ1v) is 10.1. The van der Waals surface area contributed by atoms with Crippen LogP contribution < -0.4 is 10.6 Å². The average Bonchev–Trinajstić information content (AvgIpc) is 3.17. The van der Waals surface area contributed by atoms with Crippen molar-refractivity contribution in [2.75, 3.05) is 37.6 Å². The maximum Gasteiger partial charge on any atom is 0.250 e. The normalized spacial score (nSPS) is 15.2. The molecule has 1 aromatic heterocycles. The summed E-state index contributed by atoms with van der Waals surface area (Å²) in [5, 5.41) is 0.999. The summed E-state index contributed by atoms with van der Waals surface area (Å²) in [4.78, 5) is 20.0. The highest BCUT2D eigenvalue weighted by atomic mass is 16.1. The van der Waals surface area contributed by atoms with Crippen LogP contribution in [0.1, 0.15) is 30.1 Å². The second kappa shape index (κ2) is 8.07. The lowest BCUT2D eigenvalue weighted by atomic mass is 10.1. The van der Waals surface area contributed by atoms with E-state index in [0.29, 0.717) is 5.56 Å². The molecule has 0 unspecified atom stereocenters. The number of nitrogens with two attached hydrogens (primary N) is 1. The van der Waals surface area contributed by atoms with Crippen molar-refractivity contribution in [1.82, 2.24) is 9.88 Å².